The van der Waals surface area contributed by atoms with Crippen molar-refractivity contribution in [2.45, 2.75) is 27.7 Å². The molecule has 0 rings (SSSR count). The van der Waals surface area contributed by atoms with Crippen LogP contribution in [0.25, 0.3) is 0 Å². The van der Waals surface area contributed by atoms with E-state index in [2.05, 4.69) is 27.7 Å². The van der Waals surface area contributed by atoms with Crippen molar-refractivity contribution >= 4 is 23.1 Å². The Hall–Kier alpha value is 0.726. The van der Waals surface area contributed by atoms with Crippen molar-refractivity contribution in [1.29, 1.82) is 0 Å². The largest absolute Gasteiger partial charge is 2.00 e. The summed E-state index contributed by atoms with van der Waals surface area (Å²) in [7, 11) is 0. The van der Waals surface area contributed by atoms with Crippen LogP contribution in [-0.2, 0) is 4.74 Å². The zero-order valence-electron chi connectivity index (χ0n) is 9.68. The molecule has 0 unspecified atom stereocenters. The molecule has 0 fully saturated rings. The van der Waals surface area contributed by atoms with E-state index >= 15 is 0 Å². The zero-order chi connectivity index (χ0) is 7.28. The second-order valence-electron chi connectivity index (χ2n) is 3.33. The van der Waals surface area contributed by atoms with Gasteiger partial charge in [-0.15, -0.1) is 0 Å². The van der Waals surface area contributed by atoms with E-state index in [1.807, 2.05) is 0 Å². The quantitative estimate of drug-likeness (QED) is 0.567. The maximum absolute atomic E-state index is 5.36. The topological polar surface area (TPSA) is 9.23 Å². The van der Waals surface area contributed by atoms with Crippen LogP contribution in [0.15, 0.2) is 0 Å². The molecule has 0 saturated heterocycles. The van der Waals surface area contributed by atoms with E-state index < -0.39 is 0 Å². The van der Waals surface area contributed by atoms with Gasteiger partial charge in [-0.1, -0.05) is 27.7 Å². The Kier molecular flexibility index (Phi) is 10.4. The molecule has 0 heterocycles. The summed E-state index contributed by atoms with van der Waals surface area (Å²) in [6.07, 6.45) is 0. The van der Waals surface area contributed by atoms with Crippen LogP contribution in [0, 0.1) is 11.8 Å². The number of rotatable bonds is 4. The van der Waals surface area contributed by atoms with Gasteiger partial charge in [0.25, 0.3) is 0 Å². The molecule has 0 aliphatic carbocycles. The Morgan fingerprint density at radius 3 is 1.50 bits per heavy atom. The molecule has 0 aliphatic rings. The van der Waals surface area contributed by atoms with Gasteiger partial charge in [0.1, 0.15) is 0 Å². The van der Waals surface area contributed by atoms with Gasteiger partial charge in [-0.3, -0.25) is 0 Å². The normalized spacial score (nSPS) is 10.2. The van der Waals surface area contributed by atoms with Crippen LogP contribution in [-0.4, -0.2) is 36.3 Å². The average Bonchev–Trinajstić information content (AvgIpc) is 1.63. The van der Waals surface area contributed by atoms with Gasteiger partial charge in [-0.05, 0) is 11.8 Å². The molecule has 10 heavy (non-hydrogen) atoms. The zero-order valence-corrected chi connectivity index (χ0v) is 9.10. The van der Waals surface area contributed by atoms with E-state index in [-0.39, 0.29) is 25.9 Å². The molecule has 0 amide bonds. The molecular formula is C8H20MgO. The maximum Gasteiger partial charge on any atom is 2.00 e. The van der Waals surface area contributed by atoms with Gasteiger partial charge in [0.05, 0.1) is 0 Å². The van der Waals surface area contributed by atoms with Gasteiger partial charge in [0.2, 0.25) is 0 Å². The molecule has 0 aromatic heterocycles. The molecular weight excluding hydrogens is 136 g/mol. The Labute approximate surface area is 83.6 Å². The van der Waals surface area contributed by atoms with E-state index in [0.29, 0.717) is 11.8 Å². The van der Waals surface area contributed by atoms with Crippen molar-refractivity contribution in [3.8, 4) is 0 Å². The second-order valence-corrected chi connectivity index (χ2v) is 3.33. The third kappa shape index (κ3) is 11.5. The fraction of sp³-hybridized carbons (Fsp3) is 1.00. The summed E-state index contributed by atoms with van der Waals surface area (Å²) in [5.74, 6) is 1.34. The van der Waals surface area contributed by atoms with Crippen molar-refractivity contribution < 1.29 is 7.59 Å². The fourth-order valence-electron chi connectivity index (χ4n) is 0.539. The molecule has 0 saturated carbocycles. The minimum atomic E-state index is 0. The van der Waals surface area contributed by atoms with Crippen molar-refractivity contribution in [1.82, 2.24) is 0 Å². The summed E-state index contributed by atoms with van der Waals surface area (Å²) in [5.41, 5.74) is 0. The SMILES string of the molecule is CC(C)COCC(C)C.[H-].[H-].[Mg+2]. The Bertz CT molecular complexity index is 62.1. The van der Waals surface area contributed by atoms with Gasteiger partial charge in [-0.25, -0.2) is 0 Å². The first-order chi connectivity index (χ1) is 4.13. The molecule has 0 aromatic rings. The third-order valence-corrected chi connectivity index (χ3v) is 0.902. The Morgan fingerprint density at radius 1 is 1.00 bits per heavy atom. The molecule has 0 spiro atoms. The van der Waals surface area contributed by atoms with E-state index in [0.717, 1.165) is 13.2 Å². The molecule has 0 aliphatic heterocycles. The average molecular weight is 157 g/mol. The van der Waals surface area contributed by atoms with Crippen molar-refractivity contribution in [2.75, 3.05) is 13.2 Å². The Balaban J connectivity index is -0.000000107. The molecule has 0 atom stereocenters. The van der Waals surface area contributed by atoms with Crippen LogP contribution in [0.2, 0.25) is 0 Å². The summed E-state index contributed by atoms with van der Waals surface area (Å²) in [4.78, 5) is 0. The van der Waals surface area contributed by atoms with Crippen LogP contribution in [0.4, 0.5) is 0 Å². The molecule has 1 nitrogen and oxygen atoms in total. The summed E-state index contributed by atoms with van der Waals surface area (Å²) in [5, 5.41) is 0. The van der Waals surface area contributed by atoms with Crippen LogP contribution in [0.3, 0.4) is 0 Å². The molecule has 2 heteroatoms. The van der Waals surface area contributed by atoms with Gasteiger partial charge in [0.15, 0.2) is 0 Å². The number of hydrogen-bond donors (Lipinski definition) is 0. The monoisotopic (exact) mass is 156 g/mol. The van der Waals surface area contributed by atoms with E-state index in [4.69, 9.17) is 4.74 Å². The van der Waals surface area contributed by atoms with Crippen LogP contribution < -0.4 is 0 Å². The van der Waals surface area contributed by atoms with Crippen molar-refractivity contribution in [3.05, 3.63) is 0 Å². The standard InChI is InChI=1S/C8H18O.Mg.2H/c1-7(2)5-9-6-8(3)4;;;/h7-8H,5-6H2,1-4H3;;;/q;+2;2*-1. The van der Waals surface area contributed by atoms with Gasteiger partial charge in [0, 0.05) is 13.2 Å². The molecule has 0 radical (unpaired) electrons. The predicted molar refractivity (Wildman–Crippen MR) is 48.5 cm³/mol. The van der Waals surface area contributed by atoms with Crippen molar-refractivity contribution in [3.63, 3.8) is 0 Å². The number of hydrogen-bond acceptors (Lipinski definition) is 1. The minimum absolute atomic E-state index is 0. The molecule has 60 valence electrons. The maximum atomic E-state index is 5.36. The molecule has 0 aromatic carbocycles. The summed E-state index contributed by atoms with van der Waals surface area (Å²) in [6, 6.07) is 0. The first kappa shape index (κ1) is 13.3. The smallest absolute Gasteiger partial charge is 1.00 e. The second kappa shape index (κ2) is 7.83. The summed E-state index contributed by atoms with van der Waals surface area (Å²) in [6.45, 7) is 10.5. The van der Waals surface area contributed by atoms with Crippen molar-refractivity contribution in [2.24, 2.45) is 11.8 Å². The first-order valence-corrected chi connectivity index (χ1v) is 3.70. The molecule has 0 N–H and O–H groups in total. The van der Waals surface area contributed by atoms with E-state index in [1.165, 1.54) is 0 Å². The summed E-state index contributed by atoms with van der Waals surface area (Å²) < 4.78 is 5.36. The third-order valence-electron chi connectivity index (χ3n) is 0.902. The fourth-order valence-corrected chi connectivity index (χ4v) is 0.539. The minimum Gasteiger partial charge on any atom is -1.00 e. The van der Waals surface area contributed by atoms with Crippen LogP contribution in [0.1, 0.15) is 30.5 Å². The Morgan fingerprint density at radius 2 is 1.30 bits per heavy atom. The number of ether oxygens (including phenoxy) is 1. The predicted octanol–water partition coefficient (Wildman–Crippen LogP) is 2.16. The summed E-state index contributed by atoms with van der Waals surface area (Å²) >= 11 is 0. The molecule has 0 bridgehead atoms. The van der Waals surface area contributed by atoms with E-state index in [9.17, 15) is 0 Å². The van der Waals surface area contributed by atoms with Gasteiger partial charge < -0.3 is 7.59 Å². The van der Waals surface area contributed by atoms with Crippen LogP contribution >= 0.6 is 0 Å². The van der Waals surface area contributed by atoms with Crippen LogP contribution in [0.5, 0.6) is 0 Å². The van der Waals surface area contributed by atoms with Gasteiger partial charge >= 0.3 is 23.1 Å². The first-order valence-electron chi connectivity index (χ1n) is 3.70. The van der Waals surface area contributed by atoms with E-state index in [1.54, 1.807) is 0 Å². The van der Waals surface area contributed by atoms with Gasteiger partial charge in [-0.2, -0.15) is 0 Å².